The molecule has 1 fully saturated rings. The Morgan fingerprint density at radius 1 is 1.04 bits per heavy atom. The van der Waals surface area contributed by atoms with Gasteiger partial charge in [-0.1, -0.05) is 48.6 Å². The van der Waals surface area contributed by atoms with Gasteiger partial charge in [0.05, 0.1) is 4.90 Å². The number of hydrogen-bond donors (Lipinski definition) is 0. The van der Waals surface area contributed by atoms with Crippen LogP contribution in [0, 0.1) is 6.92 Å². The van der Waals surface area contributed by atoms with Gasteiger partial charge in [-0.25, -0.2) is 8.42 Å². The van der Waals surface area contributed by atoms with Gasteiger partial charge < -0.3 is 4.90 Å². The lowest BCUT2D eigenvalue weighted by atomic mass is 10.1. The number of carbonyl (C=O) groups is 1. The van der Waals surface area contributed by atoms with Crippen molar-refractivity contribution in [1.29, 1.82) is 0 Å². The van der Waals surface area contributed by atoms with Crippen molar-refractivity contribution in [2.45, 2.75) is 11.8 Å². The molecule has 2 aromatic rings. The quantitative estimate of drug-likeness (QED) is 0.777. The van der Waals surface area contributed by atoms with Crippen molar-refractivity contribution in [3.63, 3.8) is 0 Å². The van der Waals surface area contributed by atoms with E-state index < -0.39 is 9.84 Å². The first kappa shape index (κ1) is 20.3. The average Bonchev–Trinajstić information content (AvgIpc) is 2.68. The molecular weight excluding hydrogens is 372 g/mol. The number of carbonyl (C=O) groups excluding carboxylic acids is 1. The molecule has 5 nitrogen and oxygen atoms in total. The van der Waals surface area contributed by atoms with E-state index in [-0.39, 0.29) is 10.8 Å². The molecule has 0 N–H and O–H groups in total. The van der Waals surface area contributed by atoms with E-state index in [1.54, 1.807) is 12.1 Å². The van der Waals surface area contributed by atoms with Gasteiger partial charge >= 0.3 is 0 Å². The maximum Gasteiger partial charge on any atom is 0.254 e. The summed E-state index contributed by atoms with van der Waals surface area (Å²) < 4.78 is 23.6. The van der Waals surface area contributed by atoms with Crippen molar-refractivity contribution < 1.29 is 13.2 Å². The Bertz CT molecular complexity index is 961. The van der Waals surface area contributed by atoms with E-state index in [0.717, 1.165) is 31.5 Å². The molecule has 3 rings (SSSR count). The normalized spacial score (nSPS) is 15.9. The smallest absolute Gasteiger partial charge is 0.254 e. The minimum Gasteiger partial charge on any atom is -0.336 e. The highest BCUT2D eigenvalue weighted by Crippen LogP contribution is 2.18. The number of piperazine rings is 1. The molecule has 28 heavy (non-hydrogen) atoms. The molecule has 0 bridgehead atoms. The fourth-order valence-corrected chi connectivity index (χ4v) is 3.92. The van der Waals surface area contributed by atoms with E-state index in [1.807, 2.05) is 30.0 Å². The summed E-state index contributed by atoms with van der Waals surface area (Å²) in [6.07, 6.45) is 5.41. The summed E-state index contributed by atoms with van der Waals surface area (Å²) in [7, 11) is -3.33. The summed E-state index contributed by atoms with van der Waals surface area (Å²) in [4.78, 5) is 17.2. The van der Waals surface area contributed by atoms with Gasteiger partial charge in [0.2, 0.25) is 0 Å². The monoisotopic (exact) mass is 398 g/mol. The number of nitrogens with zero attached hydrogens (tertiary/aromatic N) is 2. The Hall–Kier alpha value is -2.44. The number of hydrogen-bond acceptors (Lipinski definition) is 4. The summed E-state index contributed by atoms with van der Waals surface area (Å²) in [5.74, 6) is -0.0949. The van der Waals surface area contributed by atoms with E-state index in [1.165, 1.54) is 11.6 Å². The summed E-state index contributed by atoms with van der Waals surface area (Å²) >= 11 is 0. The van der Waals surface area contributed by atoms with Gasteiger partial charge in [0.25, 0.3) is 5.91 Å². The van der Waals surface area contributed by atoms with Gasteiger partial charge in [0.15, 0.2) is 9.84 Å². The molecule has 1 amide bonds. The van der Waals surface area contributed by atoms with Gasteiger partial charge in [-0.15, -0.1) is 0 Å². The van der Waals surface area contributed by atoms with Crippen molar-refractivity contribution in [1.82, 2.24) is 9.80 Å². The topological polar surface area (TPSA) is 57.7 Å². The largest absolute Gasteiger partial charge is 0.336 e. The first-order valence-corrected chi connectivity index (χ1v) is 11.3. The van der Waals surface area contributed by atoms with Crippen LogP contribution in [0.2, 0.25) is 0 Å². The lowest BCUT2D eigenvalue weighted by Gasteiger charge is -2.34. The van der Waals surface area contributed by atoms with Crippen LogP contribution in [0.4, 0.5) is 0 Å². The number of sulfone groups is 1. The summed E-state index contributed by atoms with van der Waals surface area (Å²) in [6.45, 7) is 5.57. The third-order valence-electron chi connectivity index (χ3n) is 5.00. The molecule has 1 heterocycles. The Kier molecular flexibility index (Phi) is 6.31. The number of aryl methyl sites for hydroxylation is 1. The van der Waals surface area contributed by atoms with Gasteiger partial charge in [0.1, 0.15) is 0 Å². The lowest BCUT2D eigenvalue weighted by Crippen LogP contribution is -2.48. The van der Waals surface area contributed by atoms with Crippen molar-refractivity contribution >= 4 is 21.8 Å². The maximum absolute atomic E-state index is 12.9. The summed E-state index contributed by atoms with van der Waals surface area (Å²) in [5.41, 5.74) is 2.45. The number of benzene rings is 2. The zero-order valence-electron chi connectivity index (χ0n) is 16.3. The highest BCUT2D eigenvalue weighted by Gasteiger charge is 2.23. The molecule has 0 unspecified atom stereocenters. The van der Waals surface area contributed by atoms with Crippen LogP contribution >= 0.6 is 0 Å². The van der Waals surface area contributed by atoms with Crippen LogP contribution in [0.1, 0.15) is 21.5 Å². The standard InChI is InChI=1S/C22H26N2O3S/c1-18-10-11-20(28(2,26)27)17-21(18)22(25)24-15-13-23(14-16-24)12-6-9-19-7-4-3-5-8-19/h3-11,17H,12-16H2,1-2H3/b9-6+. The summed E-state index contributed by atoms with van der Waals surface area (Å²) in [5, 5.41) is 0. The third kappa shape index (κ3) is 5.09. The molecule has 148 valence electrons. The van der Waals surface area contributed by atoms with Crippen LogP contribution in [-0.4, -0.2) is 63.1 Å². The van der Waals surface area contributed by atoms with Crippen LogP contribution < -0.4 is 0 Å². The van der Waals surface area contributed by atoms with Gasteiger partial charge in [-0.3, -0.25) is 9.69 Å². The van der Waals surface area contributed by atoms with E-state index in [4.69, 9.17) is 0 Å². The molecule has 0 spiro atoms. The van der Waals surface area contributed by atoms with Crippen molar-refractivity contribution in [3.05, 3.63) is 71.3 Å². The van der Waals surface area contributed by atoms with E-state index in [2.05, 4.69) is 29.2 Å². The van der Waals surface area contributed by atoms with Crippen LogP contribution in [-0.2, 0) is 9.84 Å². The van der Waals surface area contributed by atoms with Crippen LogP contribution in [0.5, 0.6) is 0 Å². The fraction of sp³-hybridized carbons (Fsp3) is 0.318. The second-order valence-corrected chi connectivity index (χ2v) is 9.17. The minimum atomic E-state index is -3.33. The molecule has 0 radical (unpaired) electrons. The van der Waals surface area contributed by atoms with Gasteiger partial charge in [-0.2, -0.15) is 0 Å². The Morgan fingerprint density at radius 3 is 2.36 bits per heavy atom. The van der Waals surface area contributed by atoms with Crippen molar-refractivity contribution in [2.24, 2.45) is 0 Å². The van der Waals surface area contributed by atoms with Crippen molar-refractivity contribution in [3.8, 4) is 0 Å². The zero-order valence-corrected chi connectivity index (χ0v) is 17.2. The Labute approximate surface area is 167 Å². The van der Waals surface area contributed by atoms with Crippen LogP contribution in [0.15, 0.2) is 59.5 Å². The molecule has 0 saturated carbocycles. The predicted octanol–water partition coefficient (Wildman–Crippen LogP) is 2.87. The first-order chi connectivity index (χ1) is 13.3. The SMILES string of the molecule is Cc1ccc(S(C)(=O)=O)cc1C(=O)N1CCN(C/C=C/c2ccccc2)CC1. The first-order valence-electron chi connectivity index (χ1n) is 9.38. The molecule has 0 atom stereocenters. The zero-order chi connectivity index (χ0) is 20.1. The van der Waals surface area contributed by atoms with E-state index in [0.29, 0.717) is 18.7 Å². The maximum atomic E-state index is 12.9. The molecule has 6 heteroatoms. The second-order valence-electron chi connectivity index (χ2n) is 7.15. The molecular formula is C22H26N2O3S. The number of rotatable bonds is 5. The van der Waals surface area contributed by atoms with E-state index in [9.17, 15) is 13.2 Å². The van der Waals surface area contributed by atoms with Crippen molar-refractivity contribution in [2.75, 3.05) is 39.0 Å². The third-order valence-corrected chi connectivity index (χ3v) is 6.11. The van der Waals surface area contributed by atoms with Crippen LogP contribution in [0.3, 0.4) is 0 Å². The lowest BCUT2D eigenvalue weighted by molar-refractivity contribution is 0.0649. The number of amides is 1. The minimum absolute atomic E-state index is 0.0949. The molecule has 1 saturated heterocycles. The molecule has 1 aliphatic rings. The average molecular weight is 399 g/mol. The second kappa shape index (κ2) is 8.71. The molecule has 1 aliphatic heterocycles. The summed E-state index contributed by atoms with van der Waals surface area (Å²) in [6, 6.07) is 14.9. The highest BCUT2D eigenvalue weighted by molar-refractivity contribution is 7.90. The Balaban J connectivity index is 1.59. The van der Waals surface area contributed by atoms with E-state index >= 15 is 0 Å². The predicted molar refractivity (Wildman–Crippen MR) is 112 cm³/mol. The molecule has 2 aromatic carbocycles. The molecule has 0 aromatic heterocycles. The fourth-order valence-electron chi connectivity index (χ4n) is 3.27. The Morgan fingerprint density at radius 2 is 1.71 bits per heavy atom. The molecule has 0 aliphatic carbocycles. The van der Waals surface area contributed by atoms with Crippen LogP contribution in [0.25, 0.3) is 6.08 Å². The van der Waals surface area contributed by atoms with Gasteiger partial charge in [-0.05, 0) is 30.2 Å². The highest BCUT2D eigenvalue weighted by atomic mass is 32.2. The van der Waals surface area contributed by atoms with Gasteiger partial charge in [0, 0.05) is 44.5 Å².